The molecule has 0 aliphatic carbocycles. The Bertz CT molecular complexity index is 1640. The van der Waals surface area contributed by atoms with Crippen LogP contribution in [0, 0.1) is 11.6 Å². The van der Waals surface area contributed by atoms with Crippen LogP contribution < -0.4 is 14.9 Å². The van der Waals surface area contributed by atoms with Crippen LogP contribution in [0.2, 0.25) is 0 Å². The summed E-state index contributed by atoms with van der Waals surface area (Å²) in [7, 11) is -2.80. The molecule has 1 saturated heterocycles. The van der Waals surface area contributed by atoms with E-state index in [1.165, 1.54) is 13.2 Å². The number of anilines is 2. The first-order chi connectivity index (χ1) is 18.7. The van der Waals surface area contributed by atoms with E-state index in [0.29, 0.717) is 22.3 Å². The molecule has 39 heavy (non-hydrogen) atoms. The number of rotatable bonds is 8. The molecule has 4 aromatic rings. The molecule has 0 atom stereocenters. The summed E-state index contributed by atoms with van der Waals surface area (Å²) in [5.41, 5.74) is -0.0698. The molecule has 14 heteroatoms. The Morgan fingerprint density at radius 2 is 1.90 bits per heavy atom. The average molecular weight is 557 g/mol. The van der Waals surface area contributed by atoms with Gasteiger partial charge < -0.3 is 15.2 Å². The van der Waals surface area contributed by atoms with Crippen molar-refractivity contribution in [3.05, 3.63) is 65.7 Å². The fraction of sp³-hybridized carbons (Fsp3) is 0.280. The van der Waals surface area contributed by atoms with Crippen molar-refractivity contribution in [2.75, 3.05) is 49.4 Å². The number of carbonyl (C=O) groups is 1. The van der Waals surface area contributed by atoms with Gasteiger partial charge in [-0.25, -0.2) is 18.7 Å². The third kappa shape index (κ3) is 5.17. The first kappa shape index (κ1) is 26.6. The normalized spacial score (nSPS) is 14.2. The highest BCUT2D eigenvalue weighted by atomic mass is 32.2. The minimum atomic E-state index is -4.10. The summed E-state index contributed by atoms with van der Waals surface area (Å²) >= 11 is 0. The SMILES string of the molecule is CCN(C)S(=O)(=O)Nc1ccc(F)c(C(=O)c2c[nH]c3ncc(-c4cnc(N5CCNCC5)cn4)cc23)c1F. The smallest absolute Gasteiger partial charge is 0.301 e. The Kier molecular flexibility index (Phi) is 7.25. The molecule has 0 amide bonds. The van der Waals surface area contributed by atoms with E-state index >= 15 is 4.39 Å². The van der Waals surface area contributed by atoms with E-state index in [4.69, 9.17) is 0 Å². The number of aromatic nitrogens is 4. The van der Waals surface area contributed by atoms with Crippen LogP contribution in [0.25, 0.3) is 22.3 Å². The van der Waals surface area contributed by atoms with Gasteiger partial charge in [0.15, 0.2) is 5.82 Å². The minimum absolute atomic E-state index is 0.0340. The lowest BCUT2D eigenvalue weighted by Crippen LogP contribution is -2.43. The molecular weight excluding hydrogens is 530 g/mol. The second-order valence-corrected chi connectivity index (χ2v) is 10.7. The number of fused-ring (bicyclic) bond motifs is 1. The summed E-state index contributed by atoms with van der Waals surface area (Å²) in [5.74, 6) is -2.67. The maximum Gasteiger partial charge on any atom is 0.301 e. The number of pyridine rings is 1. The number of halogens is 2. The standard InChI is InChI=1S/C25H26F2N8O3S/c1-3-34(2)39(37,38)33-19-5-4-18(26)22(23(19)27)24(36)17-12-32-25-16(17)10-15(11-31-25)20-13-30-21(14-29-20)35-8-6-28-7-9-35/h4-5,10-14,28,33H,3,6-9H2,1-2H3,(H,31,32). The monoisotopic (exact) mass is 556 g/mol. The van der Waals surface area contributed by atoms with Gasteiger partial charge >= 0.3 is 10.2 Å². The van der Waals surface area contributed by atoms with Crippen molar-refractivity contribution >= 4 is 38.5 Å². The van der Waals surface area contributed by atoms with Crippen molar-refractivity contribution < 1.29 is 22.0 Å². The molecule has 5 rings (SSSR count). The number of hydrogen-bond acceptors (Lipinski definition) is 8. The van der Waals surface area contributed by atoms with Crippen LogP contribution in [0.5, 0.6) is 0 Å². The van der Waals surface area contributed by atoms with Gasteiger partial charge in [-0.15, -0.1) is 0 Å². The number of piperazine rings is 1. The van der Waals surface area contributed by atoms with Crippen molar-refractivity contribution in [3.8, 4) is 11.3 Å². The van der Waals surface area contributed by atoms with Gasteiger partial charge in [-0.3, -0.25) is 14.5 Å². The highest BCUT2D eigenvalue weighted by molar-refractivity contribution is 7.90. The Balaban J connectivity index is 1.48. The van der Waals surface area contributed by atoms with Crippen LogP contribution in [0.4, 0.5) is 20.3 Å². The van der Waals surface area contributed by atoms with E-state index in [-0.39, 0.29) is 12.1 Å². The molecule has 4 heterocycles. The zero-order chi connectivity index (χ0) is 27.7. The predicted octanol–water partition coefficient (Wildman–Crippen LogP) is 2.55. The molecule has 0 saturated carbocycles. The van der Waals surface area contributed by atoms with Crippen molar-refractivity contribution in [1.82, 2.24) is 29.6 Å². The van der Waals surface area contributed by atoms with Gasteiger partial charge in [0.25, 0.3) is 0 Å². The van der Waals surface area contributed by atoms with Gasteiger partial charge in [0.05, 0.1) is 29.3 Å². The fourth-order valence-corrected chi connectivity index (χ4v) is 5.15. The molecule has 1 fully saturated rings. The second-order valence-electron chi connectivity index (χ2n) is 8.95. The third-order valence-electron chi connectivity index (χ3n) is 6.56. The summed E-state index contributed by atoms with van der Waals surface area (Å²) in [4.78, 5) is 31.7. The number of nitrogens with zero attached hydrogens (tertiary/aromatic N) is 5. The quantitative estimate of drug-likeness (QED) is 0.282. The van der Waals surface area contributed by atoms with Crippen molar-refractivity contribution in [2.45, 2.75) is 6.92 Å². The van der Waals surface area contributed by atoms with Crippen LogP contribution in [0.3, 0.4) is 0 Å². The zero-order valence-electron chi connectivity index (χ0n) is 21.2. The Labute approximate surface area is 223 Å². The zero-order valence-corrected chi connectivity index (χ0v) is 22.0. The number of carbonyl (C=O) groups excluding carboxylic acids is 1. The van der Waals surface area contributed by atoms with Gasteiger partial charge in [-0.2, -0.15) is 12.7 Å². The van der Waals surface area contributed by atoms with Crippen LogP contribution in [0.1, 0.15) is 22.8 Å². The summed E-state index contributed by atoms with van der Waals surface area (Å²) in [6.07, 6.45) is 6.14. The number of nitrogens with one attached hydrogen (secondary N) is 3. The maximum atomic E-state index is 15.4. The van der Waals surface area contributed by atoms with Gasteiger partial charge in [0, 0.05) is 68.7 Å². The molecule has 1 aliphatic rings. The van der Waals surface area contributed by atoms with E-state index in [0.717, 1.165) is 48.4 Å². The molecule has 11 nitrogen and oxygen atoms in total. The number of ketones is 1. The Hall–Kier alpha value is -4.01. The molecule has 3 N–H and O–H groups in total. The highest BCUT2D eigenvalue weighted by Gasteiger charge is 2.27. The van der Waals surface area contributed by atoms with E-state index in [9.17, 15) is 17.6 Å². The topological polar surface area (TPSA) is 136 Å². The molecule has 0 unspecified atom stereocenters. The number of benzene rings is 1. The number of hydrogen-bond donors (Lipinski definition) is 3. The van der Waals surface area contributed by atoms with E-state index in [1.807, 2.05) is 0 Å². The van der Waals surface area contributed by atoms with E-state index < -0.39 is 38.9 Å². The summed E-state index contributed by atoms with van der Waals surface area (Å²) in [6.45, 7) is 5.08. The molecule has 3 aromatic heterocycles. The average Bonchev–Trinajstić information content (AvgIpc) is 3.38. The lowest BCUT2D eigenvalue weighted by Gasteiger charge is -2.28. The lowest BCUT2D eigenvalue weighted by molar-refractivity contribution is 0.103. The number of H-pyrrole nitrogens is 1. The van der Waals surface area contributed by atoms with E-state index in [2.05, 4.69) is 34.9 Å². The minimum Gasteiger partial charge on any atom is -0.353 e. The van der Waals surface area contributed by atoms with Gasteiger partial charge in [-0.05, 0) is 18.2 Å². The molecule has 1 aliphatic heterocycles. The lowest BCUT2D eigenvalue weighted by atomic mass is 10.0. The molecule has 0 radical (unpaired) electrons. The number of aromatic amines is 1. The van der Waals surface area contributed by atoms with Gasteiger partial charge in [0.1, 0.15) is 17.3 Å². The van der Waals surface area contributed by atoms with Gasteiger partial charge in [0.2, 0.25) is 5.78 Å². The van der Waals surface area contributed by atoms with Crippen molar-refractivity contribution in [2.24, 2.45) is 0 Å². The van der Waals surface area contributed by atoms with Gasteiger partial charge in [-0.1, -0.05) is 6.92 Å². The Morgan fingerprint density at radius 1 is 1.13 bits per heavy atom. The maximum absolute atomic E-state index is 15.4. The molecule has 204 valence electrons. The first-order valence-corrected chi connectivity index (χ1v) is 13.7. The van der Waals surface area contributed by atoms with Crippen LogP contribution in [0.15, 0.2) is 43.0 Å². The van der Waals surface area contributed by atoms with Crippen molar-refractivity contribution in [3.63, 3.8) is 0 Å². The molecule has 1 aromatic carbocycles. The predicted molar refractivity (Wildman–Crippen MR) is 143 cm³/mol. The summed E-state index contributed by atoms with van der Waals surface area (Å²) in [5, 5.41) is 3.60. The first-order valence-electron chi connectivity index (χ1n) is 12.2. The summed E-state index contributed by atoms with van der Waals surface area (Å²) < 4.78 is 57.9. The van der Waals surface area contributed by atoms with Crippen LogP contribution in [-0.2, 0) is 10.2 Å². The molecular formula is C25H26F2N8O3S. The Morgan fingerprint density at radius 3 is 2.59 bits per heavy atom. The third-order valence-corrected chi connectivity index (χ3v) is 8.12. The molecule has 0 spiro atoms. The summed E-state index contributed by atoms with van der Waals surface area (Å²) in [6, 6.07) is 3.41. The molecule has 0 bridgehead atoms. The van der Waals surface area contributed by atoms with Crippen LogP contribution in [-0.4, -0.2) is 78.2 Å². The van der Waals surface area contributed by atoms with Crippen molar-refractivity contribution in [1.29, 1.82) is 0 Å². The fourth-order valence-electron chi connectivity index (χ4n) is 4.22. The van der Waals surface area contributed by atoms with Crippen LogP contribution >= 0.6 is 0 Å². The largest absolute Gasteiger partial charge is 0.353 e. The van der Waals surface area contributed by atoms with E-state index in [1.54, 1.807) is 31.6 Å². The highest BCUT2D eigenvalue weighted by Crippen LogP contribution is 2.29. The second kappa shape index (κ2) is 10.6.